The minimum Gasteiger partial charge on any atom is -0.322 e. The molecule has 28 heavy (non-hydrogen) atoms. The van der Waals surface area contributed by atoms with E-state index in [1.165, 1.54) is 11.0 Å². The average molecular weight is 387 g/mol. The van der Waals surface area contributed by atoms with E-state index in [9.17, 15) is 14.0 Å². The first-order valence-corrected chi connectivity index (χ1v) is 10.7. The Hall–Kier alpha value is -1.95. The van der Waals surface area contributed by atoms with Gasteiger partial charge in [0.15, 0.2) is 0 Å². The number of hydrogen-bond acceptors (Lipinski definition) is 3. The second-order valence-corrected chi connectivity index (χ2v) is 8.51. The van der Waals surface area contributed by atoms with E-state index in [0.29, 0.717) is 5.56 Å². The van der Waals surface area contributed by atoms with Crippen molar-refractivity contribution >= 4 is 11.9 Å². The van der Waals surface area contributed by atoms with Crippen molar-refractivity contribution in [1.29, 1.82) is 0 Å². The van der Waals surface area contributed by atoms with E-state index in [1.54, 1.807) is 18.2 Å². The van der Waals surface area contributed by atoms with Crippen molar-refractivity contribution in [1.82, 2.24) is 15.5 Å². The Labute approximate surface area is 166 Å². The third-order valence-electron chi connectivity index (χ3n) is 6.80. The van der Waals surface area contributed by atoms with Gasteiger partial charge in [0.2, 0.25) is 0 Å². The molecule has 2 aliphatic heterocycles. The summed E-state index contributed by atoms with van der Waals surface area (Å²) in [6.07, 6.45) is 8.01. The molecule has 1 aromatic carbocycles. The van der Waals surface area contributed by atoms with Gasteiger partial charge in [-0.1, -0.05) is 43.9 Å². The van der Waals surface area contributed by atoms with Crippen LogP contribution in [0.15, 0.2) is 24.3 Å². The third kappa shape index (κ3) is 3.54. The Balaban J connectivity index is 1.67. The summed E-state index contributed by atoms with van der Waals surface area (Å²) in [5.41, 5.74) is -0.536. The number of hydrogen-bond donors (Lipinski definition) is 2. The molecule has 152 valence electrons. The summed E-state index contributed by atoms with van der Waals surface area (Å²) in [6.45, 7) is 1.63. The van der Waals surface area contributed by atoms with Crippen LogP contribution in [-0.2, 0) is 11.2 Å². The number of benzene rings is 1. The van der Waals surface area contributed by atoms with Crippen LogP contribution in [0.1, 0.15) is 56.9 Å². The Kier molecular flexibility index (Phi) is 5.67. The van der Waals surface area contributed by atoms with Gasteiger partial charge in [0.25, 0.3) is 5.91 Å². The van der Waals surface area contributed by atoms with E-state index in [0.717, 1.165) is 64.5 Å². The molecule has 3 amide bonds. The number of imide groups is 1. The quantitative estimate of drug-likeness (QED) is 0.615. The lowest BCUT2D eigenvalue weighted by molar-refractivity contribution is -0.135. The first-order valence-electron chi connectivity index (χ1n) is 10.7. The maximum Gasteiger partial charge on any atom is 0.325 e. The van der Waals surface area contributed by atoms with Crippen LogP contribution in [0.3, 0.4) is 0 Å². The van der Waals surface area contributed by atoms with Crippen LogP contribution >= 0.6 is 0 Å². The summed E-state index contributed by atoms with van der Waals surface area (Å²) < 4.78 is 14.5. The standard InChI is InChI=1S/C22H30FN3O2/c23-19-10-6-5-7-16(19)15-22(17-11-13-24-14-12-17)20(27)26(21(28)25-22)18-8-3-1-2-4-9-18/h5-7,10,17-18,24H,1-4,8-9,11-15H2,(H,25,28)/t22-/m0/s1. The fourth-order valence-corrected chi connectivity index (χ4v) is 5.26. The summed E-state index contributed by atoms with van der Waals surface area (Å²) in [5.74, 6) is -0.439. The summed E-state index contributed by atoms with van der Waals surface area (Å²) in [6, 6.07) is 6.29. The number of carbonyl (C=O) groups excluding carboxylic acids is 2. The molecule has 1 saturated carbocycles. The van der Waals surface area contributed by atoms with Gasteiger partial charge in [-0.15, -0.1) is 0 Å². The van der Waals surface area contributed by atoms with Crippen LogP contribution in [0.5, 0.6) is 0 Å². The van der Waals surface area contributed by atoms with Crippen molar-refractivity contribution in [3.05, 3.63) is 35.6 Å². The van der Waals surface area contributed by atoms with Crippen LogP contribution in [0.4, 0.5) is 9.18 Å². The van der Waals surface area contributed by atoms with E-state index in [1.807, 2.05) is 0 Å². The average Bonchev–Trinajstić information content (AvgIpc) is 2.87. The summed E-state index contributed by atoms with van der Waals surface area (Å²) in [7, 11) is 0. The molecule has 4 rings (SSSR count). The lowest BCUT2D eigenvalue weighted by Crippen LogP contribution is -2.57. The largest absolute Gasteiger partial charge is 0.325 e. The van der Waals surface area contributed by atoms with Gasteiger partial charge < -0.3 is 10.6 Å². The molecule has 5 nitrogen and oxygen atoms in total. The predicted octanol–water partition coefficient (Wildman–Crippen LogP) is 3.38. The fraction of sp³-hybridized carbons (Fsp3) is 0.636. The number of halogens is 1. The number of rotatable bonds is 4. The van der Waals surface area contributed by atoms with Crippen molar-refractivity contribution in [3.63, 3.8) is 0 Å². The van der Waals surface area contributed by atoms with E-state index in [-0.39, 0.29) is 36.1 Å². The van der Waals surface area contributed by atoms with E-state index >= 15 is 0 Å². The molecule has 2 heterocycles. The topological polar surface area (TPSA) is 61.4 Å². The van der Waals surface area contributed by atoms with E-state index < -0.39 is 5.54 Å². The zero-order chi connectivity index (χ0) is 19.6. The molecule has 3 aliphatic rings. The third-order valence-corrected chi connectivity index (χ3v) is 6.80. The maximum atomic E-state index is 14.5. The van der Waals surface area contributed by atoms with Crippen molar-refractivity contribution in [3.8, 4) is 0 Å². The summed E-state index contributed by atoms with van der Waals surface area (Å²) in [4.78, 5) is 28.3. The molecular weight excluding hydrogens is 357 g/mol. The van der Waals surface area contributed by atoms with Gasteiger partial charge in [-0.2, -0.15) is 0 Å². The predicted molar refractivity (Wildman–Crippen MR) is 105 cm³/mol. The SMILES string of the molecule is O=C1N[C@@](Cc2ccccc2F)(C2CCNCC2)C(=O)N1C1CCCCCC1. The maximum absolute atomic E-state index is 14.5. The zero-order valence-corrected chi connectivity index (χ0v) is 16.4. The number of piperidine rings is 1. The normalized spacial score (nSPS) is 27.7. The Morgan fingerprint density at radius 2 is 1.68 bits per heavy atom. The number of nitrogens with zero attached hydrogens (tertiary/aromatic N) is 1. The Bertz CT molecular complexity index is 726. The van der Waals surface area contributed by atoms with Gasteiger partial charge in [0.1, 0.15) is 11.4 Å². The van der Waals surface area contributed by atoms with Crippen molar-refractivity contribution in [2.75, 3.05) is 13.1 Å². The number of carbonyl (C=O) groups is 2. The van der Waals surface area contributed by atoms with E-state index in [4.69, 9.17) is 0 Å². The van der Waals surface area contributed by atoms with Crippen LogP contribution in [-0.4, -0.2) is 41.5 Å². The molecule has 0 spiro atoms. The van der Waals surface area contributed by atoms with Crippen LogP contribution < -0.4 is 10.6 Å². The fourth-order valence-electron chi connectivity index (χ4n) is 5.26. The summed E-state index contributed by atoms with van der Waals surface area (Å²) >= 11 is 0. The summed E-state index contributed by atoms with van der Waals surface area (Å²) in [5, 5.41) is 6.40. The Morgan fingerprint density at radius 1 is 1.00 bits per heavy atom. The van der Waals surface area contributed by atoms with Gasteiger partial charge in [-0.3, -0.25) is 9.69 Å². The van der Waals surface area contributed by atoms with Crippen LogP contribution in [0, 0.1) is 11.7 Å². The molecule has 0 radical (unpaired) electrons. The number of urea groups is 1. The zero-order valence-electron chi connectivity index (χ0n) is 16.4. The highest BCUT2D eigenvalue weighted by atomic mass is 19.1. The van der Waals surface area contributed by atoms with Gasteiger partial charge in [0, 0.05) is 12.5 Å². The van der Waals surface area contributed by atoms with E-state index in [2.05, 4.69) is 10.6 Å². The second-order valence-electron chi connectivity index (χ2n) is 8.51. The minimum absolute atomic E-state index is 0.0144. The molecule has 0 bridgehead atoms. The molecule has 3 fully saturated rings. The molecule has 2 saturated heterocycles. The molecular formula is C22H30FN3O2. The number of amides is 3. The molecule has 1 aliphatic carbocycles. The Morgan fingerprint density at radius 3 is 2.36 bits per heavy atom. The van der Waals surface area contributed by atoms with Crippen molar-refractivity contribution in [2.24, 2.45) is 5.92 Å². The van der Waals surface area contributed by atoms with Crippen molar-refractivity contribution < 1.29 is 14.0 Å². The van der Waals surface area contributed by atoms with Crippen LogP contribution in [0.25, 0.3) is 0 Å². The van der Waals surface area contributed by atoms with Gasteiger partial charge in [-0.05, 0) is 56.3 Å². The highest BCUT2D eigenvalue weighted by Gasteiger charge is 2.57. The smallest absolute Gasteiger partial charge is 0.322 e. The lowest BCUT2D eigenvalue weighted by Gasteiger charge is -2.38. The van der Waals surface area contributed by atoms with Gasteiger partial charge in [0.05, 0.1) is 0 Å². The molecule has 2 N–H and O–H groups in total. The highest BCUT2D eigenvalue weighted by molar-refractivity contribution is 6.07. The van der Waals surface area contributed by atoms with Crippen LogP contribution in [0.2, 0.25) is 0 Å². The van der Waals surface area contributed by atoms with Crippen molar-refractivity contribution in [2.45, 2.75) is 69.4 Å². The minimum atomic E-state index is -1.03. The monoisotopic (exact) mass is 387 g/mol. The molecule has 0 unspecified atom stereocenters. The second kappa shape index (κ2) is 8.19. The molecule has 6 heteroatoms. The molecule has 1 aromatic rings. The first kappa shape index (κ1) is 19.4. The lowest BCUT2D eigenvalue weighted by atomic mass is 9.74. The number of nitrogens with one attached hydrogen (secondary N) is 2. The van der Waals surface area contributed by atoms with Gasteiger partial charge >= 0.3 is 6.03 Å². The first-order chi connectivity index (χ1) is 13.6. The molecule has 0 aromatic heterocycles. The highest BCUT2D eigenvalue weighted by Crippen LogP contribution is 2.38. The van der Waals surface area contributed by atoms with Gasteiger partial charge in [-0.25, -0.2) is 9.18 Å². The molecule has 1 atom stereocenters.